The predicted molar refractivity (Wildman–Crippen MR) is 286 cm³/mol. The quantitative estimate of drug-likeness (QED) is 0.0312. The van der Waals surface area contributed by atoms with Gasteiger partial charge < -0.3 is 64.5 Å². The molecular formula is C56H53N9O15. The first kappa shape index (κ1) is 54.5. The Kier molecular flexibility index (Phi) is 17.2. The molecule has 0 radical (unpaired) electrons. The molecule has 0 saturated carbocycles. The molecule has 0 unspecified atom stereocenters. The van der Waals surface area contributed by atoms with Crippen LogP contribution in [0.1, 0.15) is 66.2 Å². The van der Waals surface area contributed by atoms with Crippen molar-refractivity contribution in [2.45, 2.75) is 43.9 Å². The van der Waals surface area contributed by atoms with E-state index in [2.05, 4.69) is 40.9 Å². The Morgan fingerprint density at radius 1 is 0.650 bits per heavy atom. The van der Waals surface area contributed by atoms with Crippen molar-refractivity contribution in [2.24, 2.45) is 5.92 Å². The maximum atomic E-state index is 13.4. The number of nitrogen functional groups attached to an aromatic ring is 1. The fraction of sp³-hybridized carbons (Fsp3) is 0.250. The van der Waals surface area contributed by atoms with E-state index in [1.54, 1.807) is 91.0 Å². The van der Waals surface area contributed by atoms with E-state index in [1.807, 2.05) is 0 Å². The van der Waals surface area contributed by atoms with E-state index in [4.69, 9.17) is 43.6 Å². The number of para-hydroxylation sites is 2. The molecule has 3 aromatic heterocycles. The number of hydrogen-bond acceptors (Lipinski definition) is 19. The van der Waals surface area contributed by atoms with Gasteiger partial charge in [-0.25, -0.2) is 29.5 Å². The second-order valence-corrected chi connectivity index (χ2v) is 17.9. The summed E-state index contributed by atoms with van der Waals surface area (Å²) in [5, 5.41) is 28.6. The number of nitrogens with two attached hydrogens (primary N) is 1. The highest BCUT2D eigenvalue weighted by molar-refractivity contribution is 5.92. The van der Waals surface area contributed by atoms with Gasteiger partial charge in [0, 0.05) is 54.4 Å². The fourth-order valence-electron chi connectivity index (χ4n) is 9.22. The highest BCUT2D eigenvalue weighted by atomic mass is 16.7. The summed E-state index contributed by atoms with van der Waals surface area (Å²) in [4.78, 5) is 85.5. The highest BCUT2D eigenvalue weighted by Crippen LogP contribution is 2.56. The van der Waals surface area contributed by atoms with Crippen LogP contribution in [-0.4, -0.2) is 106 Å². The normalized spacial score (nSPS) is 14.7. The number of carboxylic acids is 2. The SMILES string of the molecule is COc1ccc([C@@H]2c3cc(NC(=O)CCCCCC(=O)Nc4cccc(NC(=O)OCCOc5nc(-c6ncccn6)nc(N)c5Oc5ccccc5OC)n4)ccc3[C@H](c3ccc4c(c3)OCO4)[C@H]2C(=O)O)c(OCC(=O)O)c1. The average molecular weight is 1090 g/mol. The number of benzene rings is 4. The van der Waals surface area contributed by atoms with Gasteiger partial charge in [0.25, 0.3) is 5.88 Å². The van der Waals surface area contributed by atoms with Gasteiger partial charge in [-0.2, -0.15) is 4.98 Å². The molecule has 0 bridgehead atoms. The summed E-state index contributed by atoms with van der Waals surface area (Å²) in [5.41, 5.74) is 9.09. The molecule has 3 atom stereocenters. The van der Waals surface area contributed by atoms with Crippen LogP contribution < -0.4 is 54.8 Å². The van der Waals surface area contributed by atoms with Crippen molar-refractivity contribution in [3.05, 3.63) is 138 Å². The van der Waals surface area contributed by atoms with Crippen LogP contribution in [0.4, 0.5) is 27.9 Å². The van der Waals surface area contributed by atoms with E-state index in [0.29, 0.717) is 76.0 Å². The molecule has 24 heteroatoms. The van der Waals surface area contributed by atoms with Crippen molar-refractivity contribution in [3.8, 4) is 57.8 Å². The van der Waals surface area contributed by atoms with E-state index in [-0.39, 0.29) is 91.1 Å². The first-order valence-corrected chi connectivity index (χ1v) is 25.0. The molecule has 4 heterocycles. The number of nitrogens with one attached hydrogen (secondary N) is 3. The second kappa shape index (κ2) is 25.3. The minimum atomic E-state index is -1.22. The zero-order chi connectivity index (χ0) is 56.1. The summed E-state index contributed by atoms with van der Waals surface area (Å²) in [6.45, 7) is -1.08. The van der Waals surface area contributed by atoms with Crippen molar-refractivity contribution in [1.29, 1.82) is 0 Å². The number of unbranched alkanes of at least 4 members (excludes halogenated alkanes) is 2. The molecule has 3 amide bonds. The van der Waals surface area contributed by atoms with Gasteiger partial charge in [0.05, 0.1) is 20.1 Å². The number of ether oxygens (including phenoxy) is 8. The number of hydrogen-bond donors (Lipinski definition) is 6. The zero-order valence-electron chi connectivity index (χ0n) is 43.1. The lowest BCUT2D eigenvalue weighted by Gasteiger charge is -2.24. The van der Waals surface area contributed by atoms with E-state index in [1.165, 1.54) is 38.7 Å². The van der Waals surface area contributed by atoms with Gasteiger partial charge >= 0.3 is 18.0 Å². The summed E-state index contributed by atoms with van der Waals surface area (Å²) in [6, 6.07) is 28.5. The lowest BCUT2D eigenvalue weighted by atomic mass is 9.79. The Labute approximate surface area is 456 Å². The number of amides is 3. The number of anilines is 4. The number of aromatic nitrogens is 5. The summed E-state index contributed by atoms with van der Waals surface area (Å²) in [5.74, 6) is -2.98. The Balaban J connectivity index is 0.763. The summed E-state index contributed by atoms with van der Waals surface area (Å²) < 4.78 is 44.9. The Hall–Kier alpha value is -10.3. The summed E-state index contributed by atoms with van der Waals surface area (Å²) in [7, 11) is 2.93. The van der Waals surface area contributed by atoms with Crippen molar-refractivity contribution < 1.29 is 72.1 Å². The van der Waals surface area contributed by atoms with Crippen LogP contribution in [0, 0.1) is 5.92 Å². The Morgan fingerprint density at radius 2 is 1.39 bits per heavy atom. The van der Waals surface area contributed by atoms with Gasteiger partial charge in [0.2, 0.25) is 30.2 Å². The van der Waals surface area contributed by atoms with Crippen LogP contribution in [0.5, 0.6) is 46.1 Å². The molecular weight excluding hydrogens is 1040 g/mol. The van der Waals surface area contributed by atoms with Gasteiger partial charge in [-0.05, 0) is 90.2 Å². The molecule has 24 nitrogen and oxygen atoms in total. The van der Waals surface area contributed by atoms with Gasteiger partial charge in [0.15, 0.2) is 41.2 Å². The standard InChI is InChI=1S/C56H53N9O15/c1-73-33-18-20-35(40(28-33)77-29-46(68)69)48-36-27-32(17-19-34(36)47(49(48)55(70)71)31-16-21-38-41(26-31)79-30-78-38)60-44(66)14-4-3-5-15-45(67)62-42-12-8-13-43(61-42)63-56(72)76-25-24-75-54-50(80-39-11-7-6-10-37(39)74-2)51(57)64-53(65-54)52-58-22-9-23-59-52/h6-13,16-23,26-28,47-49H,3-5,14-15,24-25,29-30H2,1-2H3,(H,60,66)(H,68,69)(H,70,71)(H2,57,64,65)(H2,61,62,63,67,72)/t47-,48+,49+/m0/s1. The number of carboxylic acid groups (broad SMARTS) is 2. The molecule has 0 spiro atoms. The number of rotatable bonds is 24. The van der Waals surface area contributed by atoms with Crippen molar-refractivity contribution in [2.75, 3.05) is 62.5 Å². The minimum Gasteiger partial charge on any atom is -0.497 e. The highest BCUT2D eigenvalue weighted by Gasteiger charge is 2.48. The summed E-state index contributed by atoms with van der Waals surface area (Å²) in [6.07, 6.45) is 3.87. The van der Waals surface area contributed by atoms with Crippen LogP contribution in [0.25, 0.3) is 11.6 Å². The molecule has 80 heavy (non-hydrogen) atoms. The molecule has 7 aromatic rings. The number of carbonyl (C=O) groups is 5. The topological polar surface area (TPSA) is 326 Å². The lowest BCUT2D eigenvalue weighted by molar-refractivity contribution is -0.142. The third kappa shape index (κ3) is 13.1. The largest absolute Gasteiger partial charge is 0.497 e. The smallest absolute Gasteiger partial charge is 0.412 e. The number of aliphatic carboxylic acids is 2. The van der Waals surface area contributed by atoms with Crippen LogP contribution in [0.2, 0.25) is 0 Å². The van der Waals surface area contributed by atoms with E-state index in [9.17, 15) is 34.2 Å². The van der Waals surface area contributed by atoms with Gasteiger partial charge in [0.1, 0.15) is 36.3 Å². The average Bonchev–Trinajstić information content (AvgIpc) is 4.10. The molecule has 9 rings (SSSR count). The number of pyridine rings is 1. The van der Waals surface area contributed by atoms with Gasteiger partial charge in [-0.3, -0.25) is 19.7 Å². The van der Waals surface area contributed by atoms with Crippen LogP contribution in [0.3, 0.4) is 0 Å². The van der Waals surface area contributed by atoms with E-state index >= 15 is 0 Å². The molecule has 7 N–H and O–H groups in total. The van der Waals surface area contributed by atoms with E-state index < -0.39 is 42.4 Å². The summed E-state index contributed by atoms with van der Waals surface area (Å²) >= 11 is 0. The van der Waals surface area contributed by atoms with Crippen molar-refractivity contribution in [3.63, 3.8) is 0 Å². The predicted octanol–water partition coefficient (Wildman–Crippen LogP) is 8.05. The molecule has 0 saturated heterocycles. The molecule has 4 aromatic carbocycles. The minimum absolute atomic E-state index is 0.0162. The van der Waals surface area contributed by atoms with Crippen LogP contribution in [-0.2, 0) is 23.9 Å². The number of fused-ring (bicyclic) bond motifs is 2. The van der Waals surface area contributed by atoms with Crippen molar-refractivity contribution >= 4 is 53.0 Å². The number of nitrogens with zero attached hydrogens (tertiary/aromatic N) is 5. The monoisotopic (exact) mass is 1090 g/mol. The van der Waals surface area contributed by atoms with E-state index in [0.717, 1.165) is 0 Å². The zero-order valence-corrected chi connectivity index (χ0v) is 43.1. The molecule has 412 valence electrons. The lowest BCUT2D eigenvalue weighted by Crippen LogP contribution is -2.24. The molecule has 1 aliphatic heterocycles. The molecule has 2 aliphatic rings. The maximum absolute atomic E-state index is 13.4. The molecule has 0 fully saturated rings. The Bertz CT molecular complexity index is 3420. The van der Waals surface area contributed by atoms with Crippen LogP contribution in [0.15, 0.2) is 116 Å². The third-order valence-electron chi connectivity index (χ3n) is 12.7. The van der Waals surface area contributed by atoms with Gasteiger partial charge in [-0.1, -0.05) is 42.8 Å². The maximum Gasteiger partial charge on any atom is 0.412 e. The number of carbonyl (C=O) groups excluding carboxylic acids is 3. The number of methoxy groups -OCH3 is 2. The fourth-order valence-corrected chi connectivity index (χ4v) is 9.22. The van der Waals surface area contributed by atoms with Crippen molar-refractivity contribution in [1.82, 2.24) is 24.9 Å². The van der Waals surface area contributed by atoms with Crippen LogP contribution >= 0.6 is 0 Å². The Morgan fingerprint density at radius 3 is 2.14 bits per heavy atom. The van der Waals surface area contributed by atoms with Gasteiger partial charge in [-0.15, -0.1) is 0 Å². The first-order valence-electron chi connectivity index (χ1n) is 25.0. The first-order chi connectivity index (χ1) is 38.8. The molecule has 1 aliphatic carbocycles. The third-order valence-corrected chi connectivity index (χ3v) is 12.7. The second-order valence-electron chi connectivity index (χ2n) is 17.9.